The maximum atomic E-state index is 14.7. The number of anilines is 1. The van der Waals surface area contributed by atoms with Crippen LogP contribution in [-0.4, -0.2) is 67.1 Å². The van der Waals surface area contributed by atoms with E-state index in [-0.39, 0.29) is 18.3 Å². The van der Waals surface area contributed by atoms with Gasteiger partial charge in [-0.25, -0.2) is 17.6 Å². The van der Waals surface area contributed by atoms with Crippen molar-refractivity contribution in [3.63, 3.8) is 0 Å². The van der Waals surface area contributed by atoms with Gasteiger partial charge in [-0.3, -0.25) is 9.80 Å². The zero-order valence-electron chi connectivity index (χ0n) is 16.3. The average molecular weight is 387 g/mol. The van der Waals surface area contributed by atoms with Crippen LogP contribution in [0.15, 0.2) is 12.1 Å². The zero-order chi connectivity index (χ0) is 19.8. The molecule has 2 fully saturated rings. The van der Waals surface area contributed by atoms with Gasteiger partial charge in [0.2, 0.25) is 0 Å². The van der Waals surface area contributed by atoms with E-state index in [0.29, 0.717) is 51.1 Å². The predicted octanol–water partition coefficient (Wildman–Crippen LogP) is 3.77. The minimum absolute atomic E-state index is 0.109. The van der Waals surface area contributed by atoms with Crippen LogP contribution in [0.5, 0.6) is 0 Å². The summed E-state index contributed by atoms with van der Waals surface area (Å²) in [5.41, 5.74) is 0.581. The van der Waals surface area contributed by atoms with Gasteiger partial charge < -0.3 is 4.90 Å². The summed E-state index contributed by atoms with van der Waals surface area (Å²) in [4.78, 5) is 5.40. The number of halogens is 4. The van der Waals surface area contributed by atoms with Crippen LogP contribution >= 0.6 is 0 Å². The normalized spacial score (nSPS) is 24.6. The molecule has 1 atom stereocenters. The molecule has 3 rings (SSSR count). The van der Waals surface area contributed by atoms with E-state index in [1.165, 1.54) is 0 Å². The molecular weight excluding hydrogens is 358 g/mol. The van der Waals surface area contributed by atoms with Crippen molar-refractivity contribution >= 4 is 5.69 Å². The molecule has 0 bridgehead atoms. The minimum atomic E-state index is -2.76. The summed E-state index contributed by atoms with van der Waals surface area (Å²) >= 11 is 0. The number of likely N-dealkylation sites (tertiary alicyclic amines) is 1. The highest BCUT2D eigenvalue weighted by molar-refractivity contribution is 5.50. The Labute approximate surface area is 158 Å². The van der Waals surface area contributed by atoms with Gasteiger partial charge in [-0.05, 0) is 38.3 Å². The lowest BCUT2D eigenvalue weighted by Gasteiger charge is -2.47. The second-order valence-corrected chi connectivity index (χ2v) is 7.88. The quantitative estimate of drug-likeness (QED) is 0.729. The van der Waals surface area contributed by atoms with Crippen LogP contribution in [-0.2, 0) is 6.42 Å². The molecule has 3 nitrogen and oxygen atoms in total. The molecule has 1 aromatic carbocycles. The lowest BCUT2D eigenvalue weighted by molar-refractivity contribution is -0.133. The van der Waals surface area contributed by atoms with Gasteiger partial charge in [-0.2, -0.15) is 0 Å². The van der Waals surface area contributed by atoms with Gasteiger partial charge in [0, 0.05) is 38.8 Å². The lowest BCUT2D eigenvalue weighted by atomic mass is 9.97. The first-order chi connectivity index (χ1) is 12.7. The predicted molar refractivity (Wildman–Crippen MR) is 99.6 cm³/mol. The molecule has 0 aromatic heterocycles. The number of piperazine rings is 1. The molecule has 0 N–H and O–H groups in total. The Bertz CT molecular complexity index is 657. The zero-order valence-corrected chi connectivity index (χ0v) is 16.3. The van der Waals surface area contributed by atoms with Crippen molar-refractivity contribution in [3.8, 4) is 0 Å². The van der Waals surface area contributed by atoms with Crippen LogP contribution in [0.25, 0.3) is 0 Å². The van der Waals surface area contributed by atoms with Crippen molar-refractivity contribution in [2.24, 2.45) is 0 Å². The van der Waals surface area contributed by atoms with Gasteiger partial charge >= 0.3 is 0 Å². The number of hydrogen-bond acceptors (Lipinski definition) is 3. The highest BCUT2D eigenvalue weighted by Crippen LogP contribution is 2.33. The Morgan fingerprint density at radius 3 is 2.26 bits per heavy atom. The van der Waals surface area contributed by atoms with Gasteiger partial charge in [0.05, 0.1) is 18.3 Å². The molecule has 152 valence electrons. The Balaban J connectivity index is 1.65. The third-order valence-electron chi connectivity index (χ3n) is 5.94. The van der Waals surface area contributed by atoms with E-state index >= 15 is 0 Å². The topological polar surface area (TPSA) is 9.72 Å². The van der Waals surface area contributed by atoms with E-state index in [1.807, 2.05) is 23.6 Å². The van der Waals surface area contributed by atoms with Crippen molar-refractivity contribution in [2.45, 2.75) is 51.6 Å². The fourth-order valence-electron chi connectivity index (χ4n) is 4.22. The summed E-state index contributed by atoms with van der Waals surface area (Å²) in [6.45, 7) is 7.80. The second kappa shape index (κ2) is 7.95. The third-order valence-corrected chi connectivity index (χ3v) is 5.94. The van der Waals surface area contributed by atoms with Crippen LogP contribution in [0.3, 0.4) is 0 Å². The Kier molecular flexibility index (Phi) is 6.01. The molecular formula is C20H29F4N3. The molecule has 0 saturated carbocycles. The third kappa shape index (κ3) is 4.09. The van der Waals surface area contributed by atoms with Crippen molar-refractivity contribution in [1.82, 2.24) is 9.80 Å². The molecule has 2 aliphatic rings. The molecule has 0 unspecified atom stereocenters. The number of benzene rings is 1. The number of piperidine rings is 1. The molecule has 0 amide bonds. The van der Waals surface area contributed by atoms with Crippen LogP contribution in [0.2, 0.25) is 0 Å². The second-order valence-electron chi connectivity index (χ2n) is 7.88. The minimum Gasteiger partial charge on any atom is -0.367 e. The van der Waals surface area contributed by atoms with E-state index in [4.69, 9.17) is 0 Å². The summed E-state index contributed by atoms with van der Waals surface area (Å²) in [6.07, 6.45) is 0.861. The van der Waals surface area contributed by atoms with Crippen molar-refractivity contribution in [1.29, 1.82) is 0 Å². The number of aryl methyl sites for hydroxylation is 1. The summed E-state index contributed by atoms with van der Waals surface area (Å²) in [7, 11) is 0. The van der Waals surface area contributed by atoms with Crippen molar-refractivity contribution in [2.75, 3.05) is 44.2 Å². The fraction of sp³-hybridized carbons (Fsp3) is 0.700. The van der Waals surface area contributed by atoms with Gasteiger partial charge in [0.25, 0.3) is 5.92 Å². The van der Waals surface area contributed by atoms with Gasteiger partial charge in [0.1, 0.15) is 0 Å². The van der Waals surface area contributed by atoms with E-state index in [2.05, 4.69) is 0 Å². The number of alkyl halides is 2. The van der Waals surface area contributed by atoms with Gasteiger partial charge in [0.15, 0.2) is 11.6 Å². The maximum Gasteiger partial charge on any atom is 0.275 e. The van der Waals surface area contributed by atoms with E-state index in [9.17, 15) is 17.6 Å². The smallest absolute Gasteiger partial charge is 0.275 e. The Morgan fingerprint density at radius 1 is 1.04 bits per heavy atom. The highest BCUT2D eigenvalue weighted by atomic mass is 19.3. The van der Waals surface area contributed by atoms with Crippen LogP contribution in [0.1, 0.15) is 32.8 Å². The van der Waals surface area contributed by atoms with E-state index in [0.717, 1.165) is 0 Å². The highest BCUT2D eigenvalue weighted by Gasteiger charge is 2.48. The molecule has 2 aliphatic heterocycles. The summed E-state index contributed by atoms with van der Waals surface area (Å²) < 4.78 is 57.8. The SMILES string of the molecule is CCc1ccc(N2CCN([C@@H]3CCN(C(C)C)CC3(F)F)CC2)c(F)c1F. The first-order valence-electron chi connectivity index (χ1n) is 9.82. The van der Waals surface area contributed by atoms with Gasteiger partial charge in [-0.15, -0.1) is 0 Å². The largest absolute Gasteiger partial charge is 0.367 e. The molecule has 7 heteroatoms. The first-order valence-corrected chi connectivity index (χ1v) is 9.82. The standard InChI is InChI=1S/C20H29F4N3/c1-4-15-5-6-16(19(22)18(15)21)25-9-11-26(12-10-25)17-7-8-27(14(2)3)13-20(17,23)24/h5-6,14,17H,4,7-13H2,1-3H3/t17-/m1/s1. The Hall–Kier alpha value is -1.34. The number of nitrogens with zero attached hydrogens (tertiary/aromatic N) is 3. The molecule has 2 heterocycles. The molecule has 0 aliphatic carbocycles. The number of hydrogen-bond donors (Lipinski definition) is 0. The summed E-state index contributed by atoms with van der Waals surface area (Å²) in [5.74, 6) is -4.39. The van der Waals surface area contributed by atoms with Crippen LogP contribution < -0.4 is 4.90 Å². The van der Waals surface area contributed by atoms with Crippen LogP contribution in [0, 0.1) is 11.6 Å². The van der Waals surface area contributed by atoms with Crippen molar-refractivity contribution < 1.29 is 17.6 Å². The fourth-order valence-corrected chi connectivity index (χ4v) is 4.22. The maximum absolute atomic E-state index is 14.7. The first kappa shape index (κ1) is 20.4. The molecule has 0 spiro atoms. The lowest BCUT2D eigenvalue weighted by Crippen LogP contribution is -2.62. The molecule has 27 heavy (non-hydrogen) atoms. The molecule has 1 aromatic rings. The van der Waals surface area contributed by atoms with E-state index in [1.54, 1.807) is 24.0 Å². The van der Waals surface area contributed by atoms with Gasteiger partial charge in [-0.1, -0.05) is 13.0 Å². The average Bonchev–Trinajstić information content (AvgIpc) is 2.63. The summed E-state index contributed by atoms with van der Waals surface area (Å²) in [5, 5.41) is 0. The summed E-state index contributed by atoms with van der Waals surface area (Å²) in [6, 6.07) is 2.54. The number of rotatable bonds is 4. The van der Waals surface area contributed by atoms with E-state index < -0.39 is 23.6 Å². The molecule has 0 radical (unpaired) electrons. The monoisotopic (exact) mass is 387 g/mol. The Morgan fingerprint density at radius 2 is 1.70 bits per heavy atom. The van der Waals surface area contributed by atoms with Crippen molar-refractivity contribution in [3.05, 3.63) is 29.3 Å². The van der Waals surface area contributed by atoms with Crippen LogP contribution in [0.4, 0.5) is 23.2 Å². The molecule has 2 saturated heterocycles.